The summed E-state index contributed by atoms with van der Waals surface area (Å²) >= 11 is 2.94. The lowest BCUT2D eigenvalue weighted by Crippen LogP contribution is -2.14. The van der Waals surface area contributed by atoms with Crippen LogP contribution >= 0.6 is 23.1 Å². The molecule has 0 aliphatic carbocycles. The molecule has 156 valence electrons. The average Bonchev–Trinajstić information content (AvgIpc) is 3.22. The molecule has 1 aromatic heterocycles. The summed E-state index contributed by atoms with van der Waals surface area (Å²) in [5.74, 6) is -0.201. The quantitative estimate of drug-likeness (QED) is 0.224. The van der Waals surface area contributed by atoms with Gasteiger partial charge in [-0.3, -0.25) is 14.9 Å². The fraction of sp³-hybridized carbons (Fsp3) is 0.0909. The summed E-state index contributed by atoms with van der Waals surface area (Å²) in [5.41, 5.74) is 2.07. The van der Waals surface area contributed by atoms with Gasteiger partial charge in [-0.15, -0.1) is 23.1 Å². The SMILES string of the molecule is COc1cc([N+](=O)[O-])c(C(=O)Nc2ccc(-c3nc4ccccc4s3)cc2)cc1SC. The Balaban J connectivity index is 1.59. The second-order valence-corrected chi connectivity index (χ2v) is 8.38. The van der Waals surface area contributed by atoms with E-state index in [1.807, 2.05) is 42.7 Å². The van der Waals surface area contributed by atoms with E-state index >= 15 is 0 Å². The number of nitro groups is 1. The Bertz CT molecular complexity index is 1250. The van der Waals surface area contributed by atoms with Crippen LogP contribution in [0, 0.1) is 10.1 Å². The predicted octanol–water partition coefficient (Wildman–Crippen LogP) is 5.85. The molecule has 0 saturated heterocycles. The van der Waals surface area contributed by atoms with Gasteiger partial charge in [0.25, 0.3) is 11.6 Å². The number of hydrogen-bond donors (Lipinski definition) is 1. The van der Waals surface area contributed by atoms with Gasteiger partial charge >= 0.3 is 0 Å². The molecule has 0 spiro atoms. The van der Waals surface area contributed by atoms with E-state index in [-0.39, 0.29) is 11.3 Å². The molecule has 0 unspecified atom stereocenters. The van der Waals surface area contributed by atoms with Crippen LogP contribution < -0.4 is 10.1 Å². The van der Waals surface area contributed by atoms with Gasteiger partial charge < -0.3 is 10.1 Å². The van der Waals surface area contributed by atoms with E-state index in [0.29, 0.717) is 16.3 Å². The molecule has 0 aliphatic heterocycles. The van der Waals surface area contributed by atoms with Crippen molar-refractivity contribution in [2.45, 2.75) is 4.90 Å². The van der Waals surface area contributed by atoms with Gasteiger partial charge in [0.1, 0.15) is 16.3 Å². The first-order valence-electron chi connectivity index (χ1n) is 9.18. The lowest BCUT2D eigenvalue weighted by atomic mass is 10.1. The van der Waals surface area contributed by atoms with E-state index in [2.05, 4.69) is 10.3 Å². The molecule has 1 N–H and O–H groups in total. The Morgan fingerprint density at radius 3 is 2.55 bits per heavy atom. The van der Waals surface area contributed by atoms with Gasteiger partial charge in [-0.25, -0.2) is 4.98 Å². The Kier molecular flexibility index (Phi) is 5.88. The highest BCUT2D eigenvalue weighted by molar-refractivity contribution is 7.98. The smallest absolute Gasteiger partial charge is 0.285 e. The molecule has 0 bridgehead atoms. The molecule has 4 rings (SSSR count). The lowest BCUT2D eigenvalue weighted by Gasteiger charge is -2.10. The maximum Gasteiger partial charge on any atom is 0.285 e. The van der Waals surface area contributed by atoms with Crippen LogP contribution in [0.25, 0.3) is 20.8 Å². The molecule has 0 aliphatic rings. The predicted molar refractivity (Wildman–Crippen MR) is 124 cm³/mol. The van der Waals surface area contributed by atoms with Gasteiger partial charge in [0.05, 0.1) is 33.2 Å². The molecule has 0 saturated carbocycles. The monoisotopic (exact) mass is 451 g/mol. The first kappa shape index (κ1) is 20.8. The topological polar surface area (TPSA) is 94.4 Å². The summed E-state index contributed by atoms with van der Waals surface area (Å²) in [7, 11) is 1.44. The van der Waals surface area contributed by atoms with Crippen LogP contribution in [0.1, 0.15) is 10.4 Å². The minimum atomic E-state index is -0.586. The number of rotatable bonds is 6. The van der Waals surface area contributed by atoms with Gasteiger partial charge in [-0.2, -0.15) is 0 Å². The normalized spacial score (nSPS) is 10.8. The van der Waals surface area contributed by atoms with Crippen molar-refractivity contribution in [2.24, 2.45) is 0 Å². The summed E-state index contributed by atoms with van der Waals surface area (Å²) < 4.78 is 6.30. The third kappa shape index (κ3) is 4.23. The third-order valence-electron chi connectivity index (χ3n) is 4.63. The van der Waals surface area contributed by atoms with Crippen LogP contribution in [0.4, 0.5) is 11.4 Å². The number of fused-ring (bicyclic) bond motifs is 1. The number of thioether (sulfide) groups is 1. The molecule has 0 atom stereocenters. The Hall–Kier alpha value is -3.43. The number of aromatic nitrogens is 1. The van der Waals surface area contributed by atoms with Crippen LogP contribution in [-0.2, 0) is 0 Å². The van der Waals surface area contributed by atoms with Crippen molar-refractivity contribution in [1.29, 1.82) is 0 Å². The highest BCUT2D eigenvalue weighted by Gasteiger charge is 2.24. The second kappa shape index (κ2) is 8.75. The maximum atomic E-state index is 12.8. The molecular weight excluding hydrogens is 434 g/mol. The molecule has 31 heavy (non-hydrogen) atoms. The first-order valence-corrected chi connectivity index (χ1v) is 11.2. The fourth-order valence-corrected chi connectivity index (χ4v) is 4.64. The van der Waals surface area contributed by atoms with E-state index in [1.165, 1.54) is 31.0 Å². The van der Waals surface area contributed by atoms with Gasteiger partial charge in [0, 0.05) is 11.3 Å². The summed E-state index contributed by atoms with van der Waals surface area (Å²) in [5, 5.41) is 15.1. The van der Waals surface area contributed by atoms with Gasteiger partial charge in [0.2, 0.25) is 0 Å². The van der Waals surface area contributed by atoms with Crippen molar-refractivity contribution in [3.8, 4) is 16.3 Å². The van der Waals surface area contributed by atoms with Crippen LogP contribution in [0.2, 0.25) is 0 Å². The number of nitro benzene ring substituents is 1. The number of methoxy groups -OCH3 is 1. The number of anilines is 1. The molecule has 4 aromatic rings. The minimum absolute atomic E-state index is 0.0228. The third-order valence-corrected chi connectivity index (χ3v) is 6.47. The number of carbonyl (C=O) groups excluding carboxylic acids is 1. The van der Waals surface area contributed by atoms with Crippen molar-refractivity contribution in [3.63, 3.8) is 0 Å². The molecule has 3 aromatic carbocycles. The van der Waals surface area contributed by atoms with Crippen molar-refractivity contribution < 1.29 is 14.5 Å². The van der Waals surface area contributed by atoms with Gasteiger partial charge in [0.15, 0.2) is 0 Å². The van der Waals surface area contributed by atoms with Crippen molar-refractivity contribution in [2.75, 3.05) is 18.7 Å². The number of benzene rings is 3. The molecule has 7 nitrogen and oxygen atoms in total. The van der Waals surface area contributed by atoms with E-state index in [0.717, 1.165) is 20.8 Å². The number of thiazole rings is 1. The van der Waals surface area contributed by atoms with Gasteiger partial charge in [-0.05, 0) is 48.7 Å². The van der Waals surface area contributed by atoms with E-state index in [1.54, 1.807) is 23.5 Å². The number of ether oxygens (including phenoxy) is 1. The van der Waals surface area contributed by atoms with Crippen molar-refractivity contribution in [1.82, 2.24) is 4.98 Å². The summed E-state index contributed by atoms with van der Waals surface area (Å²) in [6.45, 7) is 0. The fourth-order valence-electron chi connectivity index (χ4n) is 3.09. The zero-order valence-electron chi connectivity index (χ0n) is 16.6. The van der Waals surface area contributed by atoms with Crippen LogP contribution in [-0.4, -0.2) is 29.2 Å². The second-order valence-electron chi connectivity index (χ2n) is 6.50. The summed E-state index contributed by atoms with van der Waals surface area (Å²) in [6, 6.07) is 17.9. The number of nitrogens with zero attached hydrogens (tertiary/aromatic N) is 2. The molecule has 0 radical (unpaired) electrons. The van der Waals surface area contributed by atoms with Crippen molar-refractivity contribution in [3.05, 3.63) is 76.3 Å². The minimum Gasteiger partial charge on any atom is -0.495 e. The number of hydrogen-bond acceptors (Lipinski definition) is 7. The standard InChI is InChI=1S/C22H17N3O4S2/c1-29-18-12-17(25(27)28)15(11-20(18)30-2)21(26)23-14-9-7-13(8-10-14)22-24-16-5-3-4-6-19(16)31-22/h3-12H,1-2H3,(H,23,26). The van der Waals surface area contributed by atoms with Gasteiger partial charge in [-0.1, -0.05) is 12.1 Å². The van der Waals surface area contributed by atoms with E-state index < -0.39 is 10.8 Å². The molecule has 9 heteroatoms. The number of nitrogens with one attached hydrogen (secondary N) is 1. The zero-order chi connectivity index (χ0) is 22.0. The zero-order valence-corrected chi connectivity index (χ0v) is 18.3. The van der Waals surface area contributed by atoms with Crippen LogP contribution in [0.15, 0.2) is 65.6 Å². The molecule has 1 heterocycles. The Morgan fingerprint density at radius 1 is 1.16 bits per heavy atom. The Labute approximate surface area is 186 Å². The molecule has 0 fully saturated rings. The number of amides is 1. The van der Waals surface area contributed by atoms with Crippen molar-refractivity contribution >= 4 is 50.6 Å². The van der Waals surface area contributed by atoms with Crippen LogP contribution in [0.3, 0.4) is 0 Å². The van der Waals surface area contributed by atoms with Crippen LogP contribution in [0.5, 0.6) is 5.75 Å². The largest absolute Gasteiger partial charge is 0.495 e. The number of carbonyl (C=O) groups is 1. The highest BCUT2D eigenvalue weighted by atomic mass is 32.2. The molecular formula is C22H17N3O4S2. The molecule has 1 amide bonds. The Morgan fingerprint density at radius 2 is 1.90 bits per heavy atom. The summed E-state index contributed by atoms with van der Waals surface area (Å²) in [6.07, 6.45) is 1.81. The highest BCUT2D eigenvalue weighted by Crippen LogP contribution is 2.35. The lowest BCUT2D eigenvalue weighted by molar-refractivity contribution is -0.385. The maximum absolute atomic E-state index is 12.8. The van der Waals surface area contributed by atoms with E-state index in [4.69, 9.17) is 4.74 Å². The van der Waals surface area contributed by atoms with E-state index in [9.17, 15) is 14.9 Å². The number of para-hydroxylation sites is 1. The first-order chi connectivity index (χ1) is 15.0. The summed E-state index contributed by atoms with van der Waals surface area (Å²) in [4.78, 5) is 29.0. The average molecular weight is 452 g/mol.